The molecule has 3 rings (SSSR count). The van der Waals surface area contributed by atoms with Crippen molar-refractivity contribution in [2.75, 3.05) is 32.1 Å². The molecule has 0 spiro atoms. The number of nitrogens with zero attached hydrogens (tertiary/aromatic N) is 1. The molecule has 1 aliphatic heterocycles. The molecule has 0 bridgehead atoms. The number of rotatable bonds is 6. The summed E-state index contributed by atoms with van der Waals surface area (Å²) in [6, 6.07) is 12.1. The number of hydrogen-bond acceptors (Lipinski definition) is 4. The molecule has 1 amide bonds. The van der Waals surface area contributed by atoms with Gasteiger partial charge in [-0.05, 0) is 67.3 Å². The first-order chi connectivity index (χ1) is 14.7. The van der Waals surface area contributed by atoms with Crippen molar-refractivity contribution in [3.63, 3.8) is 0 Å². The summed E-state index contributed by atoms with van der Waals surface area (Å²) >= 11 is 0. The number of carbonyl (C=O) groups excluding carboxylic acids is 1. The topological polar surface area (TPSA) is 50.8 Å². The van der Waals surface area contributed by atoms with Gasteiger partial charge in [0.2, 0.25) is 6.10 Å². The molecule has 0 aliphatic carbocycles. The number of alkyl halides is 3. The normalized spacial score (nSPS) is 18.3. The number of ether oxygens (including phenoxy) is 2. The Morgan fingerprint density at radius 3 is 2.65 bits per heavy atom. The molecule has 2 aromatic carbocycles. The van der Waals surface area contributed by atoms with Gasteiger partial charge in [-0.15, -0.1) is 0 Å². The molecule has 1 aliphatic rings. The van der Waals surface area contributed by atoms with E-state index in [1.807, 2.05) is 24.3 Å². The Bertz CT molecular complexity index is 874. The largest absolute Gasteiger partial charge is 0.497 e. The number of anilines is 1. The van der Waals surface area contributed by atoms with Gasteiger partial charge in [-0.1, -0.05) is 12.1 Å². The van der Waals surface area contributed by atoms with E-state index in [4.69, 9.17) is 9.47 Å². The Hall–Kier alpha value is -2.81. The molecule has 0 radical (unpaired) electrons. The van der Waals surface area contributed by atoms with E-state index in [2.05, 4.69) is 5.32 Å². The lowest BCUT2D eigenvalue weighted by Gasteiger charge is -2.35. The zero-order valence-corrected chi connectivity index (χ0v) is 17.0. The third-order valence-electron chi connectivity index (χ3n) is 5.20. The van der Waals surface area contributed by atoms with E-state index in [0.29, 0.717) is 18.8 Å². The van der Waals surface area contributed by atoms with Gasteiger partial charge in [0.15, 0.2) is 0 Å². The van der Waals surface area contributed by atoms with Crippen LogP contribution < -0.4 is 10.1 Å². The molecule has 1 unspecified atom stereocenters. The molecule has 0 saturated carbocycles. The molecular formula is C22H24F4N2O3. The molecule has 5 nitrogen and oxygen atoms in total. The predicted octanol–water partition coefficient (Wildman–Crippen LogP) is 5.19. The molecule has 1 fully saturated rings. The highest BCUT2D eigenvalue weighted by Crippen LogP contribution is 2.31. The zero-order valence-electron chi connectivity index (χ0n) is 17.0. The van der Waals surface area contributed by atoms with Crippen LogP contribution in [0.1, 0.15) is 24.3 Å². The summed E-state index contributed by atoms with van der Waals surface area (Å²) in [6.45, 7) is 0.444. The summed E-state index contributed by atoms with van der Waals surface area (Å²) in [6.07, 6.45) is -6.66. The van der Waals surface area contributed by atoms with Crippen LogP contribution in [0.2, 0.25) is 0 Å². The molecule has 1 N–H and O–H groups in total. The van der Waals surface area contributed by atoms with Crippen molar-refractivity contribution in [3.05, 3.63) is 59.9 Å². The third-order valence-corrected chi connectivity index (χ3v) is 5.20. The van der Waals surface area contributed by atoms with E-state index in [1.165, 1.54) is 12.1 Å². The molecule has 2 atom stereocenters. The number of benzene rings is 2. The van der Waals surface area contributed by atoms with Crippen LogP contribution >= 0.6 is 0 Å². The van der Waals surface area contributed by atoms with Crippen LogP contribution in [0.3, 0.4) is 0 Å². The van der Waals surface area contributed by atoms with E-state index in [9.17, 15) is 22.4 Å². The molecule has 0 aromatic heterocycles. The SMILES string of the molecule is COc1cccc([C@@H]2CCCN(CC(OC(=O)Nc3ccc(F)cc3)C(F)(F)F)C2)c1. The number of carbonyl (C=O) groups is 1. The minimum atomic E-state index is -4.72. The lowest BCUT2D eigenvalue weighted by Crippen LogP contribution is -2.47. The maximum absolute atomic E-state index is 13.5. The third kappa shape index (κ3) is 6.58. The van der Waals surface area contributed by atoms with Crippen LogP contribution in [0.25, 0.3) is 0 Å². The quantitative estimate of drug-likeness (QED) is 0.628. The Morgan fingerprint density at radius 1 is 1.23 bits per heavy atom. The van der Waals surface area contributed by atoms with Crippen LogP contribution in [-0.4, -0.2) is 50.0 Å². The van der Waals surface area contributed by atoms with Gasteiger partial charge in [-0.25, -0.2) is 9.18 Å². The molecule has 9 heteroatoms. The average molecular weight is 440 g/mol. The van der Waals surface area contributed by atoms with Crippen molar-refractivity contribution in [2.45, 2.75) is 31.0 Å². The van der Waals surface area contributed by atoms with Crippen molar-refractivity contribution >= 4 is 11.8 Å². The average Bonchev–Trinajstić information content (AvgIpc) is 2.74. The van der Waals surface area contributed by atoms with E-state index in [-0.39, 0.29) is 11.6 Å². The van der Waals surface area contributed by atoms with Crippen molar-refractivity contribution in [1.82, 2.24) is 4.90 Å². The fourth-order valence-electron chi connectivity index (χ4n) is 3.64. The number of methoxy groups -OCH3 is 1. The van der Waals surface area contributed by atoms with Gasteiger partial charge < -0.3 is 9.47 Å². The van der Waals surface area contributed by atoms with Crippen LogP contribution in [0.4, 0.5) is 28.0 Å². The molecular weight excluding hydrogens is 416 g/mol. The van der Waals surface area contributed by atoms with E-state index < -0.39 is 30.7 Å². The Balaban J connectivity index is 1.63. The Morgan fingerprint density at radius 2 is 1.97 bits per heavy atom. The van der Waals surface area contributed by atoms with Gasteiger partial charge in [0.25, 0.3) is 0 Å². The van der Waals surface area contributed by atoms with Gasteiger partial charge in [0.1, 0.15) is 11.6 Å². The molecule has 31 heavy (non-hydrogen) atoms. The maximum Gasteiger partial charge on any atom is 0.426 e. The predicted molar refractivity (Wildman–Crippen MR) is 108 cm³/mol. The summed E-state index contributed by atoms with van der Waals surface area (Å²) < 4.78 is 63.5. The number of nitrogens with one attached hydrogen (secondary N) is 1. The second-order valence-corrected chi connectivity index (χ2v) is 7.44. The molecule has 1 heterocycles. The minimum Gasteiger partial charge on any atom is -0.497 e. The fraction of sp³-hybridized carbons (Fsp3) is 0.409. The smallest absolute Gasteiger partial charge is 0.426 e. The lowest BCUT2D eigenvalue weighted by atomic mass is 9.90. The summed E-state index contributed by atoms with van der Waals surface area (Å²) in [5, 5.41) is 2.20. The lowest BCUT2D eigenvalue weighted by molar-refractivity contribution is -0.207. The van der Waals surface area contributed by atoms with Gasteiger partial charge in [-0.2, -0.15) is 13.2 Å². The summed E-state index contributed by atoms with van der Waals surface area (Å²) in [7, 11) is 1.56. The van der Waals surface area contributed by atoms with E-state index >= 15 is 0 Å². The molecule has 1 saturated heterocycles. The van der Waals surface area contributed by atoms with Gasteiger partial charge in [0.05, 0.1) is 7.11 Å². The highest BCUT2D eigenvalue weighted by molar-refractivity contribution is 5.84. The van der Waals surface area contributed by atoms with Crippen LogP contribution in [0.5, 0.6) is 5.75 Å². The second-order valence-electron chi connectivity index (χ2n) is 7.44. The Kier molecular flexibility index (Phi) is 7.37. The summed E-state index contributed by atoms with van der Waals surface area (Å²) in [4.78, 5) is 13.7. The monoisotopic (exact) mass is 440 g/mol. The zero-order chi connectivity index (χ0) is 22.4. The Labute approximate surface area is 177 Å². The van der Waals surface area contributed by atoms with Crippen LogP contribution in [0.15, 0.2) is 48.5 Å². The van der Waals surface area contributed by atoms with E-state index in [1.54, 1.807) is 12.0 Å². The fourth-order valence-corrected chi connectivity index (χ4v) is 3.64. The van der Waals surface area contributed by atoms with Crippen molar-refractivity contribution in [1.29, 1.82) is 0 Å². The van der Waals surface area contributed by atoms with Gasteiger partial charge in [0, 0.05) is 18.8 Å². The van der Waals surface area contributed by atoms with Crippen molar-refractivity contribution in [3.8, 4) is 5.75 Å². The first-order valence-electron chi connectivity index (χ1n) is 9.91. The molecule has 168 valence electrons. The number of amides is 1. The number of hydrogen-bond donors (Lipinski definition) is 1. The number of likely N-dealkylation sites (tertiary alicyclic amines) is 1. The summed E-state index contributed by atoms with van der Waals surface area (Å²) in [5.41, 5.74) is 1.14. The van der Waals surface area contributed by atoms with E-state index in [0.717, 1.165) is 30.5 Å². The van der Waals surface area contributed by atoms with Gasteiger partial charge in [-0.3, -0.25) is 10.2 Å². The number of halogens is 4. The first kappa shape index (κ1) is 22.9. The van der Waals surface area contributed by atoms with Crippen molar-refractivity contribution < 1.29 is 31.8 Å². The summed E-state index contributed by atoms with van der Waals surface area (Å²) in [5.74, 6) is 0.233. The van der Waals surface area contributed by atoms with Crippen LogP contribution in [0, 0.1) is 5.82 Å². The second kappa shape index (κ2) is 10.00. The van der Waals surface area contributed by atoms with Crippen LogP contribution in [-0.2, 0) is 4.74 Å². The maximum atomic E-state index is 13.5. The first-order valence-corrected chi connectivity index (χ1v) is 9.91. The number of piperidine rings is 1. The minimum absolute atomic E-state index is 0.0609. The van der Waals surface area contributed by atoms with Crippen molar-refractivity contribution in [2.24, 2.45) is 0 Å². The highest BCUT2D eigenvalue weighted by atomic mass is 19.4. The standard InChI is InChI=1S/C22H24F4N2O3/c1-30-19-6-2-4-15(12-19)16-5-3-11-28(13-16)14-20(22(24,25)26)31-21(29)27-18-9-7-17(23)8-10-18/h2,4,6-10,12,16,20H,3,5,11,13-14H2,1H3,(H,27,29)/t16-,20?/m1/s1. The van der Waals surface area contributed by atoms with Gasteiger partial charge >= 0.3 is 12.3 Å². The molecule has 2 aromatic rings. The highest BCUT2D eigenvalue weighted by Gasteiger charge is 2.44.